The molecule has 0 fully saturated rings. The van der Waals surface area contributed by atoms with Crippen LogP contribution in [0, 0.1) is 0 Å². The van der Waals surface area contributed by atoms with Gasteiger partial charge in [0.2, 0.25) is 0 Å². The number of hydrogen-bond donors (Lipinski definition) is 2. The second-order valence-electron chi connectivity index (χ2n) is 12.6. The Morgan fingerprint density at radius 1 is 0.971 bits per heavy atom. The van der Waals surface area contributed by atoms with E-state index in [4.69, 9.17) is 14.6 Å². The van der Waals surface area contributed by atoms with E-state index in [1.807, 2.05) is 4.57 Å². The van der Waals surface area contributed by atoms with Crippen molar-refractivity contribution in [3.63, 3.8) is 0 Å². The standard InChI is InChI=1S/C24H43N5O3Si2/c1-15(30)16-12-17(29-14-28-18-21(25)26-13-27-22(18)29)20(32-34(10,11)24(5,6)7)19(16)31-33(8,9)23(2,3)4/h12-15,17,19-20,30H,1-11H3,(H2,25,26,27)/t15-,17-,19-,20+/m1/s1. The van der Waals surface area contributed by atoms with Crippen LogP contribution in [-0.2, 0) is 8.85 Å². The highest BCUT2D eigenvalue weighted by atomic mass is 28.4. The maximum absolute atomic E-state index is 10.8. The Kier molecular flexibility index (Phi) is 7.00. The van der Waals surface area contributed by atoms with E-state index in [1.165, 1.54) is 6.33 Å². The summed E-state index contributed by atoms with van der Waals surface area (Å²) in [5.41, 5.74) is 8.13. The largest absolute Gasteiger partial charge is 0.409 e. The molecular weight excluding hydrogens is 462 g/mol. The van der Waals surface area contributed by atoms with Gasteiger partial charge in [0.1, 0.15) is 11.8 Å². The Morgan fingerprint density at radius 3 is 2.06 bits per heavy atom. The summed E-state index contributed by atoms with van der Waals surface area (Å²) in [5, 5.41) is 10.8. The molecule has 0 saturated heterocycles. The van der Waals surface area contributed by atoms with Gasteiger partial charge >= 0.3 is 0 Å². The minimum Gasteiger partial charge on any atom is -0.409 e. The number of hydrogen-bond acceptors (Lipinski definition) is 7. The van der Waals surface area contributed by atoms with Crippen molar-refractivity contribution >= 4 is 33.6 Å². The summed E-state index contributed by atoms with van der Waals surface area (Å²) >= 11 is 0. The van der Waals surface area contributed by atoms with Gasteiger partial charge in [-0.15, -0.1) is 0 Å². The van der Waals surface area contributed by atoms with E-state index in [9.17, 15) is 5.11 Å². The van der Waals surface area contributed by atoms with Crippen molar-refractivity contribution in [1.29, 1.82) is 0 Å². The zero-order valence-electron chi connectivity index (χ0n) is 22.7. The molecule has 0 spiro atoms. The fourth-order valence-electron chi connectivity index (χ4n) is 3.74. The third-order valence-corrected chi connectivity index (χ3v) is 16.9. The number of aliphatic hydroxyl groups excluding tert-OH is 1. The molecule has 3 rings (SSSR count). The van der Waals surface area contributed by atoms with Gasteiger partial charge in [0, 0.05) is 0 Å². The fourth-order valence-corrected chi connectivity index (χ4v) is 6.29. The zero-order chi connectivity index (χ0) is 25.9. The number of fused-ring (bicyclic) bond motifs is 1. The van der Waals surface area contributed by atoms with Gasteiger partial charge in [-0.1, -0.05) is 47.6 Å². The monoisotopic (exact) mass is 505 g/mol. The Hall–Kier alpha value is -1.60. The molecule has 10 heteroatoms. The van der Waals surface area contributed by atoms with Gasteiger partial charge in [-0.25, -0.2) is 15.0 Å². The summed E-state index contributed by atoms with van der Waals surface area (Å²) in [7, 11) is -4.39. The molecule has 0 saturated carbocycles. The Bertz CT molecular complexity index is 1070. The number of imidazole rings is 1. The number of nitrogens with zero attached hydrogens (tertiary/aromatic N) is 4. The number of rotatable bonds is 6. The topological polar surface area (TPSA) is 108 Å². The smallest absolute Gasteiger partial charge is 0.193 e. The third kappa shape index (κ3) is 4.88. The van der Waals surface area contributed by atoms with Crippen LogP contribution in [0.2, 0.25) is 36.3 Å². The average Bonchev–Trinajstić information content (AvgIpc) is 3.22. The third-order valence-electron chi connectivity index (χ3n) is 7.98. The summed E-state index contributed by atoms with van der Waals surface area (Å²) in [4.78, 5) is 13.1. The van der Waals surface area contributed by atoms with Gasteiger partial charge in [-0.2, -0.15) is 0 Å². The molecule has 3 N–H and O–H groups in total. The van der Waals surface area contributed by atoms with E-state index in [2.05, 4.69) is 88.8 Å². The average molecular weight is 506 g/mol. The van der Waals surface area contributed by atoms with Crippen LogP contribution in [0.4, 0.5) is 5.82 Å². The number of aromatic nitrogens is 4. The SMILES string of the molecule is C[C@@H](O)C1=C[C@@H](n2cnc3c(N)ncnc32)[C@H](O[Si](C)(C)C(C)(C)C)[C@@H]1O[Si](C)(C)C(C)(C)C. The molecule has 0 aliphatic heterocycles. The van der Waals surface area contributed by atoms with Gasteiger partial charge in [-0.05, 0) is 48.8 Å². The minimum atomic E-state index is -2.20. The number of nitrogen functional groups attached to an aromatic ring is 1. The highest BCUT2D eigenvalue weighted by Crippen LogP contribution is 2.46. The first-order chi connectivity index (χ1) is 15.4. The summed E-state index contributed by atoms with van der Waals surface area (Å²) in [6.07, 6.45) is 3.93. The first-order valence-electron chi connectivity index (χ1n) is 12.1. The molecule has 1 aliphatic rings. The second kappa shape index (κ2) is 8.81. The fraction of sp³-hybridized carbons (Fsp3) is 0.708. The molecule has 0 unspecified atom stereocenters. The van der Waals surface area contributed by atoms with Crippen LogP contribution in [-0.4, -0.2) is 59.6 Å². The van der Waals surface area contributed by atoms with Crippen molar-refractivity contribution in [1.82, 2.24) is 19.5 Å². The van der Waals surface area contributed by atoms with Crippen molar-refractivity contribution in [3.05, 3.63) is 24.3 Å². The quantitative estimate of drug-likeness (QED) is 0.417. The molecule has 34 heavy (non-hydrogen) atoms. The van der Waals surface area contributed by atoms with Gasteiger partial charge in [-0.3, -0.25) is 0 Å². The van der Waals surface area contributed by atoms with Crippen molar-refractivity contribution in [2.75, 3.05) is 5.73 Å². The van der Waals surface area contributed by atoms with Crippen molar-refractivity contribution in [2.45, 2.75) is 109 Å². The first kappa shape index (κ1) is 27.0. The van der Waals surface area contributed by atoms with E-state index in [1.54, 1.807) is 13.3 Å². The van der Waals surface area contributed by atoms with Gasteiger partial charge in [0.05, 0.1) is 30.7 Å². The van der Waals surface area contributed by atoms with E-state index >= 15 is 0 Å². The number of aliphatic hydroxyl groups is 1. The highest BCUT2D eigenvalue weighted by Gasteiger charge is 2.51. The van der Waals surface area contributed by atoms with Gasteiger partial charge < -0.3 is 24.3 Å². The van der Waals surface area contributed by atoms with E-state index in [-0.39, 0.29) is 28.3 Å². The molecule has 0 amide bonds. The maximum atomic E-state index is 10.8. The van der Waals surface area contributed by atoms with Crippen molar-refractivity contribution in [3.8, 4) is 0 Å². The van der Waals surface area contributed by atoms with Crippen LogP contribution in [0.15, 0.2) is 24.3 Å². The van der Waals surface area contributed by atoms with Gasteiger partial charge in [0.25, 0.3) is 0 Å². The summed E-state index contributed by atoms with van der Waals surface area (Å²) in [5.74, 6) is 0.345. The minimum absolute atomic E-state index is 0.0102. The van der Waals surface area contributed by atoms with Crippen molar-refractivity contribution < 1.29 is 14.0 Å². The van der Waals surface area contributed by atoms with Crippen LogP contribution in [0.1, 0.15) is 54.5 Å². The van der Waals surface area contributed by atoms with Crippen LogP contribution >= 0.6 is 0 Å². The van der Waals surface area contributed by atoms with E-state index in [0.29, 0.717) is 17.0 Å². The van der Waals surface area contributed by atoms with E-state index < -0.39 is 22.7 Å². The lowest BCUT2D eigenvalue weighted by molar-refractivity contribution is 0.0378. The number of anilines is 1. The molecule has 1 aliphatic carbocycles. The summed E-state index contributed by atoms with van der Waals surface area (Å²) in [6.45, 7) is 24.2. The predicted molar refractivity (Wildman–Crippen MR) is 143 cm³/mol. The molecule has 0 aromatic carbocycles. The van der Waals surface area contributed by atoms with Crippen LogP contribution < -0.4 is 5.73 Å². The molecule has 2 heterocycles. The van der Waals surface area contributed by atoms with E-state index in [0.717, 1.165) is 5.57 Å². The Balaban J connectivity index is 2.17. The van der Waals surface area contributed by atoms with Gasteiger partial charge in [0.15, 0.2) is 28.1 Å². The molecule has 0 bridgehead atoms. The lowest BCUT2D eigenvalue weighted by Crippen LogP contribution is -2.53. The lowest BCUT2D eigenvalue weighted by Gasteiger charge is -2.45. The number of nitrogens with two attached hydrogens (primary N) is 1. The van der Waals surface area contributed by atoms with Crippen molar-refractivity contribution in [2.24, 2.45) is 0 Å². The summed E-state index contributed by atoms with van der Waals surface area (Å²) in [6, 6.07) is -0.243. The molecular formula is C24H43N5O3Si2. The maximum Gasteiger partial charge on any atom is 0.193 e. The molecule has 2 aromatic heterocycles. The first-order valence-corrected chi connectivity index (χ1v) is 17.9. The molecule has 8 nitrogen and oxygen atoms in total. The molecule has 4 atom stereocenters. The summed E-state index contributed by atoms with van der Waals surface area (Å²) < 4.78 is 16.1. The van der Waals surface area contributed by atoms with Crippen LogP contribution in [0.25, 0.3) is 11.2 Å². The predicted octanol–water partition coefficient (Wildman–Crippen LogP) is 5.05. The molecule has 0 radical (unpaired) electrons. The lowest BCUT2D eigenvalue weighted by atomic mass is 10.1. The highest BCUT2D eigenvalue weighted by molar-refractivity contribution is 6.74. The van der Waals surface area contributed by atoms with Crippen LogP contribution in [0.5, 0.6) is 0 Å². The molecule has 190 valence electrons. The Morgan fingerprint density at radius 2 is 1.53 bits per heavy atom. The zero-order valence-corrected chi connectivity index (χ0v) is 24.7. The normalized spacial score (nSPS) is 23.4. The molecule has 2 aromatic rings. The Labute approximate surface area is 206 Å². The second-order valence-corrected chi connectivity index (χ2v) is 22.1. The van der Waals surface area contributed by atoms with Crippen LogP contribution in [0.3, 0.4) is 0 Å².